The summed E-state index contributed by atoms with van der Waals surface area (Å²) in [6.07, 6.45) is -3.99. The number of alkyl halides is 3. The Morgan fingerprint density at radius 2 is 1.96 bits per heavy atom. The third-order valence-electron chi connectivity index (χ3n) is 3.53. The van der Waals surface area contributed by atoms with Crippen LogP contribution in [-0.4, -0.2) is 11.5 Å². The smallest absolute Gasteiger partial charge is 0.416 e. The highest BCUT2D eigenvalue weighted by Crippen LogP contribution is 2.38. The van der Waals surface area contributed by atoms with E-state index in [9.17, 15) is 23.3 Å². The van der Waals surface area contributed by atoms with Crippen LogP contribution >= 0.6 is 0 Å². The Hall–Kier alpha value is -2.77. The molecule has 1 N–H and O–H groups in total. The molecule has 0 radical (unpaired) electrons. The van der Waals surface area contributed by atoms with Gasteiger partial charge in [-0.1, -0.05) is 6.07 Å². The molecule has 0 fully saturated rings. The molecule has 0 saturated heterocycles. The van der Waals surface area contributed by atoms with E-state index in [0.717, 1.165) is 17.7 Å². The molecular weight excluding hydrogens is 313 g/mol. The van der Waals surface area contributed by atoms with Crippen LogP contribution in [0.25, 0.3) is 0 Å². The third kappa shape index (κ3) is 2.92. The van der Waals surface area contributed by atoms with Crippen LogP contribution in [0.3, 0.4) is 0 Å². The van der Waals surface area contributed by atoms with Crippen LogP contribution in [-0.2, 0) is 12.6 Å². The van der Waals surface area contributed by atoms with Gasteiger partial charge in [0.25, 0.3) is 5.69 Å². The average Bonchev–Trinajstić information content (AvgIpc) is 2.95. The fourth-order valence-electron chi connectivity index (χ4n) is 2.46. The molecule has 3 rings (SSSR count). The van der Waals surface area contributed by atoms with Crippen molar-refractivity contribution in [2.24, 2.45) is 0 Å². The quantitative estimate of drug-likeness (QED) is 0.675. The highest BCUT2D eigenvalue weighted by molar-refractivity contribution is 5.74. The highest BCUT2D eigenvalue weighted by atomic mass is 19.4. The monoisotopic (exact) mass is 324 g/mol. The standard InChI is InChI=1S/C15H11F3N2O3/c16-15(17,18)9-4-5-13(20(21)22)12(8-9)19-11-2-1-3-14-10(11)6-7-23-14/h1-5,8,19H,6-7H2. The summed E-state index contributed by atoms with van der Waals surface area (Å²) in [5.74, 6) is 0.629. The lowest BCUT2D eigenvalue weighted by molar-refractivity contribution is -0.384. The molecule has 0 aliphatic carbocycles. The topological polar surface area (TPSA) is 64.4 Å². The highest BCUT2D eigenvalue weighted by Gasteiger charge is 2.32. The number of hydrogen-bond acceptors (Lipinski definition) is 4. The van der Waals surface area contributed by atoms with Crippen molar-refractivity contribution in [3.63, 3.8) is 0 Å². The van der Waals surface area contributed by atoms with Gasteiger partial charge in [0.2, 0.25) is 0 Å². The Bertz CT molecular complexity index is 775. The summed E-state index contributed by atoms with van der Waals surface area (Å²) in [5, 5.41) is 13.8. The SMILES string of the molecule is O=[N+]([O-])c1ccc(C(F)(F)F)cc1Nc1cccc2c1CCO2. The summed E-state index contributed by atoms with van der Waals surface area (Å²) < 4.78 is 43.9. The number of fused-ring (bicyclic) bond motifs is 1. The molecule has 8 heteroatoms. The fraction of sp³-hybridized carbons (Fsp3) is 0.200. The molecule has 120 valence electrons. The summed E-state index contributed by atoms with van der Waals surface area (Å²) in [4.78, 5) is 10.3. The van der Waals surface area contributed by atoms with Crippen molar-refractivity contribution in [3.8, 4) is 5.75 Å². The Kier molecular flexibility index (Phi) is 3.59. The average molecular weight is 324 g/mol. The van der Waals surface area contributed by atoms with E-state index >= 15 is 0 Å². The number of nitro groups is 1. The molecular formula is C15H11F3N2O3. The minimum Gasteiger partial charge on any atom is -0.493 e. The maximum Gasteiger partial charge on any atom is 0.416 e. The number of nitro benzene ring substituents is 1. The number of benzene rings is 2. The van der Waals surface area contributed by atoms with Gasteiger partial charge in [-0.05, 0) is 24.3 Å². The van der Waals surface area contributed by atoms with E-state index in [4.69, 9.17) is 4.74 Å². The van der Waals surface area contributed by atoms with Crippen LogP contribution in [0.5, 0.6) is 5.75 Å². The predicted molar refractivity (Wildman–Crippen MR) is 77.0 cm³/mol. The molecule has 2 aromatic carbocycles. The molecule has 1 aliphatic heterocycles. The zero-order chi connectivity index (χ0) is 16.6. The number of ether oxygens (including phenoxy) is 1. The largest absolute Gasteiger partial charge is 0.493 e. The van der Waals surface area contributed by atoms with Crippen LogP contribution in [0.15, 0.2) is 36.4 Å². The maximum atomic E-state index is 12.8. The molecule has 0 atom stereocenters. The van der Waals surface area contributed by atoms with Crippen LogP contribution < -0.4 is 10.1 Å². The summed E-state index contributed by atoms with van der Waals surface area (Å²) in [7, 11) is 0. The van der Waals surface area contributed by atoms with Gasteiger partial charge in [-0.2, -0.15) is 13.2 Å². The molecule has 0 saturated carbocycles. The second kappa shape index (κ2) is 5.45. The van der Waals surface area contributed by atoms with Gasteiger partial charge in [-0.3, -0.25) is 10.1 Å². The van der Waals surface area contributed by atoms with Gasteiger partial charge in [0.15, 0.2) is 0 Å². The number of halogens is 3. The van der Waals surface area contributed by atoms with E-state index in [2.05, 4.69) is 5.32 Å². The first-order valence-corrected chi connectivity index (χ1v) is 6.73. The van der Waals surface area contributed by atoms with Crippen molar-refractivity contribution in [1.82, 2.24) is 0 Å². The Morgan fingerprint density at radius 3 is 2.65 bits per heavy atom. The first-order valence-electron chi connectivity index (χ1n) is 6.73. The van der Waals surface area contributed by atoms with E-state index in [1.54, 1.807) is 18.2 Å². The number of nitrogens with zero attached hydrogens (tertiary/aromatic N) is 1. The zero-order valence-electron chi connectivity index (χ0n) is 11.7. The third-order valence-corrected chi connectivity index (χ3v) is 3.53. The summed E-state index contributed by atoms with van der Waals surface area (Å²) in [6.45, 7) is 0.471. The lowest BCUT2D eigenvalue weighted by Crippen LogP contribution is -2.07. The maximum absolute atomic E-state index is 12.8. The second-order valence-electron chi connectivity index (χ2n) is 4.99. The van der Waals surface area contributed by atoms with Crippen molar-refractivity contribution < 1.29 is 22.8 Å². The predicted octanol–water partition coefficient (Wildman–Crippen LogP) is 4.29. The van der Waals surface area contributed by atoms with Crippen molar-refractivity contribution in [1.29, 1.82) is 0 Å². The number of hydrogen-bond donors (Lipinski definition) is 1. The minimum atomic E-state index is -4.58. The van der Waals surface area contributed by atoms with Gasteiger partial charge in [0.05, 0.1) is 17.1 Å². The molecule has 2 aromatic rings. The Balaban J connectivity index is 2.05. The first-order chi connectivity index (χ1) is 10.9. The molecule has 0 spiro atoms. The van der Waals surface area contributed by atoms with Crippen LogP contribution in [0, 0.1) is 10.1 Å². The Labute approximate surface area is 128 Å². The van der Waals surface area contributed by atoms with E-state index < -0.39 is 22.4 Å². The summed E-state index contributed by atoms with van der Waals surface area (Å²) in [6, 6.07) is 7.36. The van der Waals surface area contributed by atoms with E-state index in [-0.39, 0.29) is 5.69 Å². The van der Waals surface area contributed by atoms with Gasteiger partial charge in [0.1, 0.15) is 11.4 Å². The summed E-state index contributed by atoms with van der Waals surface area (Å²) in [5.41, 5.74) is -0.282. The fourth-order valence-corrected chi connectivity index (χ4v) is 2.46. The van der Waals surface area contributed by atoms with Crippen molar-refractivity contribution >= 4 is 17.1 Å². The van der Waals surface area contributed by atoms with Gasteiger partial charge >= 0.3 is 6.18 Å². The molecule has 0 bridgehead atoms. The van der Waals surface area contributed by atoms with Crippen LogP contribution in [0.2, 0.25) is 0 Å². The number of rotatable bonds is 3. The summed E-state index contributed by atoms with van der Waals surface area (Å²) >= 11 is 0. The molecule has 1 aliphatic rings. The van der Waals surface area contributed by atoms with E-state index in [0.29, 0.717) is 30.5 Å². The molecule has 1 heterocycles. The van der Waals surface area contributed by atoms with Crippen molar-refractivity contribution in [3.05, 3.63) is 57.6 Å². The van der Waals surface area contributed by atoms with Gasteiger partial charge in [-0.15, -0.1) is 0 Å². The first kappa shape index (κ1) is 15.1. The molecule has 23 heavy (non-hydrogen) atoms. The second-order valence-corrected chi connectivity index (χ2v) is 4.99. The lowest BCUT2D eigenvalue weighted by Gasteiger charge is -2.13. The van der Waals surface area contributed by atoms with Gasteiger partial charge in [-0.25, -0.2) is 0 Å². The number of anilines is 2. The van der Waals surface area contributed by atoms with Gasteiger partial charge in [0, 0.05) is 23.7 Å². The molecule has 0 amide bonds. The minimum absolute atomic E-state index is 0.204. The molecule has 5 nitrogen and oxygen atoms in total. The van der Waals surface area contributed by atoms with Gasteiger partial charge < -0.3 is 10.1 Å². The number of nitrogens with one attached hydrogen (secondary N) is 1. The van der Waals surface area contributed by atoms with Crippen molar-refractivity contribution in [2.45, 2.75) is 12.6 Å². The Morgan fingerprint density at radius 1 is 1.17 bits per heavy atom. The van der Waals surface area contributed by atoms with E-state index in [1.807, 2.05) is 0 Å². The normalized spacial score (nSPS) is 13.3. The zero-order valence-corrected chi connectivity index (χ0v) is 11.7. The molecule has 0 unspecified atom stereocenters. The lowest BCUT2D eigenvalue weighted by atomic mass is 10.1. The van der Waals surface area contributed by atoms with E-state index in [1.165, 1.54) is 0 Å². The van der Waals surface area contributed by atoms with Crippen molar-refractivity contribution in [2.75, 3.05) is 11.9 Å². The van der Waals surface area contributed by atoms with Crippen LogP contribution in [0.1, 0.15) is 11.1 Å². The van der Waals surface area contributed by atoms with Crippen LogP contribution in [0.4, 0.5) is 30.2 Å². The molecule has 0 aromatic heterocycles.